The summed E-state index contributed by atoms with van der Waals surface area (Å²) in [7, 11) is 4.01. The molecule has 98 valence electrons. The molecule has 2 nitrogen and oxygen atoms in total. The van der Waals surface area contributed by atoms with Crippen molar-refractivity contribution in [2.75, 3.05) is 30.9 Å². The molecule has 1 aliphatic rings. The fourth-order valence-electron chi connectivity index (χ4n) is 2.28. The first-order chi connectivity index (χ1) is 8.66. The van der Waals surface area contributed by atoms with Gasteiger partial charge in [-0.2, -0.15) is 0 Å². The van der Waals surface area contributed by atoms with Crippen LogP contribution in [-0.2, 0) is 0 Å². The van der Waals surface area contributed by atoms with E-state index in [2.05, 4.69) is 29.6 Å². The molecule has 0 saturated heterocycles. The van der Waals surface area contributed by atoms with Crippen molar-refractivity contribution in [1.82, 2.24) is 0 Å². The lowest BCUT2D eigenvalue weighted by Gasteiger charge is -2.20. The van der Waals surface area contributed by atoms with Gasteiger partial charge in [0.25, 0.3) is 0 Å². The summed E-state index contributed by atoms with van der Waals surface area (Å²) in [6.45, 7) is 1.03. The van der Waals surface area contributed by atoms with Gasteiger partial charge < -0.3 is 10.2 Å². The average Bonchev–Trinajstić information content (AvgIpc) is 2.37. The largest absolute Gasteiger partial charge is 0.385 e. The van der Waals surface area contributed by atoms with Gasteiger partial charge in [0.15, 0.2) is 0 Å². The van der Waals surface area contributed by atoms with E-state index in [4.69, 9.17) is 11.6 Å². The van der Waals surface area contributed by atoms with E-state index in [9.17, 15) is 0 Å². The first-order valence-electron chi connectivity index (χ1n) is 6.52. The zero-order valence-corrected chi connectivity index (χ0v) is 11.9. The van der Waals surface area contributed by atoms with Crippen molar-refractivity contribution < 1.29 is 0 Å². The maximum Gasteiger partial charge on any atom is 0.0659 e. The van der Waals surface area contributed by atoms with Crippen molar-refractivity contribution in [2.45, 2.75) is 19.3 Å². The summed E-state index contributed by atoms with van der Waals surface area (Å²) in [5.41, 5.74) is 2.17. The van der Waals surface area contributed by atoms with Crippen molar-refractivity contribution in [1.29, 1.82) is 0 Å². The van der Waals surface area contributed by atoms with E-state index < -0.39 is 0 Å². The molecule has 0 heterocycles. The molecule has 0 saturated carbocycles. The fourth-order valence-corrected chi connectivity index (χ4v) is 2.63. The van der Waals surface area contributed by atoms with Crippen LogP contribution in [0.2, 0.25) is 5.02 Å². The van der Waals surface area contributed by atoms with Gasteiger partial charge in [0, 0.05) is 26.3 Å². The Morgan fingerprint density at radius 1 is 1.33 bits per heavy atom. The number of benzene rings is 1. The van der Waals surface area contributed by atoms with E-state index >= 15 is 0 Å². The monoisotopic (exact) mass is 264 g/mol. The number of nitrogens with zero attached hydrogens (tertiary/aromatic N) is 1. The summed E-state index contributed by atoms with van der Waals surface area (Å²) in [6.07, 6.45) is 8.26. The highest BCUT2D eigenvalue weighted by Gasteiger charge is 2.10. The van der Waals surface area contributed by atoms with Gasteiger partial charge in [0.2, 0.25) is 0 Å². The number of allylic oxidation sites excluding steroid dienone is 2. The summed E-state index contributed by atoms with van der Waals surface area (Å²) in [5.74, 6) is 0.752. The van der Waals surface area contributed by atoms with Crippen LogP contribution in [0.4, 0.5) is 11.4 Å². The Bertz CT molecular complexity index is 427. The van der Waals surface area contributed by atoms with Crippen LogP contribution < -0.4 is 10.2 Å². The maximum atomic E-state index is 6.25. The highest BCUT2D eigenvalue weighted by atomic mass is 35.5. The third kappa shape index (κ3) is 3.42. The normalized spacial score (nSPS) is 18.7. The quantitative estimate of drug-likeness (QED) is 0.821. The van der Waals surface area contributed by atoms with Gasteiger partial charge in [-0.3, -0.25) is 0 Å². The minimum absolute atomic E-state index is 0.752. The molecule has 0 amide bonds. The Kier molecular flexibility index (Phi) is 4.54. The van der Waals surface area contributed by atoms with Gasteiger partial charge in [0.05, 0.1) is 10.7 Å². The first-order valence-corrected chi connectivity index (χ1v) is 6.90. The van der Waals surface area contributed by atoms with Crippen LogP contribution in [-0.4, -0.2) is 20.6 Å². The second kappa shape index (κ2) is 6.14. The summed E-state index contributed by atoms with van der Waals surface area (Å²) < 4.78 is 0. The van der Waals surface area contributed by atoms with Crippen molar-refractivity contribution in [2.24, 2.45) is 5.92 Å². The summed E-state index contributed by atoms with van der Waals surface area (Å²) in [5, 5.41) is 4.28. The van der Waals surface area contributed by atoms with Gasteiger partial charge >= 0.3 is 0 Å². The fraction of sp³-hybridized carbons (Fsp3) is 0.467. The number of halogens is 1. The van der Waals surface area contributed by atoms with E-state index in [0.29, 0.717) is 0 Å². The van der Waals surface area contributed by atoms with Crippen molar-refractivity contribution in [3.63, 3.8) is 0 Å². The highest BCUT2D eigenvalue weighted by Crippen LogP contribution is 2.28. The molecule has 0 spiro atoms. The van der Waals surface area contributed by atoms with E-state index in [1.54, 1.807) is 0 Å². The Morgan fingerprint density at radius 3 is 2.78 bits per heavy atom. The maximum absolute atomic E-state index is 6.25. The number of hydrogen-bond donors (Lipinski definition) is 1. The summed E-state index contributed by atoms with van der Waals surface area (Å²) in [6, 6.07) is 6.17. The molecule has 1 unspecified atom stereocenters. The Hall–Kier alpha value is -1.15. The molecule has 1 N–H and O–H groups in total. The molecule has 1 atom stereocenters. The van der Waals surface area contributed by atoms with Crippen LogP contribution in [0.3, 0.4) is 0 Å². The van der Waals surface area contributed by atoms with E-state index in [-0.39, 0.29) is 0 Å². The molecule has 0 bridgehead atoms. The third-order valence-corrected chi connectivity index (χ3v) is 3.70. The molecule has 1 aromatic rings. The topological polar surface area (TPSA) is 15.3 Å². The van der Waals surface area contributed by atoms with Crippen LogP contribution >= 0.6 is 11.6 Å². The zero-order chi connectivity index (χ0) is 13.0. The molecule has 1 aliphatic carbocycles. The van der Waals surface area contributed by atoms with Gasteiger partial charge in [-0.05, 0) is 43.4 Å². The van der Waals surface area contributed by atoms with Gasteiger partial charge in [-0.15, -0.1) is 0 Å². The Morgan fingerprint density at radius 2 is 2.17 bits per heavy atom. The number of hydrogen-bond acceptors (Lipinski definition) is 2. The minimum Gasteiger partial charge on any atom is -0.385 e. The van der Waals surface area contributed by atoms with E-state index in [1.807, 2.05) is 25.1 Å². The van der Waals surface area contributed by atoms with Gasteiger partial charge in [0.1, 0.15) is 0 Å². The average molecular weight is 265 g/mol. The second-order valence-electron chi connectivity index (χ2n) is 5.09. The van der Waals surface area contributed by atoms with Crippen LogP contribution in [0.5, 0.6) is 0 Å². The molecule has 0 fully saturated rings. The van der Waals surface area contributed by atoms with Crippen LogP contribution in [0.25, 0.3) is 0 Å². The highest BCUT2D eigenvalue weighted by molar-refractivity contribution is 6.33. The minimum atomic E-state index is 0.752. The number of rotatable bonds is 4. The van der Waals surface area contributed by atoms with Crippen molar-refractivity contribution in [3.05, 3.63) is 35.4 Å². The molecule has 3 heteroatoms. The molecule has 1 aromatic carbocycles. The van der Waals surface area contributed by atoms with Crippen LogP contribution in [0, 0.1) is 5.92 Å². The predicted octanol–water partition coefficient (Wildman–Crippen LogP) is 4.17. The first kappa shape index (κ1) is 13.3. The van der Waals surface area contributed by atoms with Crippen LogP contribution in [0.15, 0.2) is 30.4 Å². The van der Waals surface area contributed by atoms with E-state index in [1.165, 1.54) is 19.3 Å². The lowest BCUT2D eigenvalue weighted by Crippen LogP contribution is -2.15. The predicted molar refractivity (Wildman–Crippen MR) is 80.7 cm³/mol. The summed E-state index contributed by atoms with van der Waals surface area (Å²) in [4.78, 5) is 2.03. The van der Waals surface area contributed by atoms with Crippen LogP contribution in [0.1, 0.15) is 19.3 Å². The SMILES string of the molecule is CN(C)c1ccc(NCC2CC=CCC2)cc1Cl. The standard InChI is InChI=1S/C15H21ClN2/c1-18(2)15-9-8-13(10-14(15)16)17-11-12-6-4-3-5-7-12/h3-4,8-10,12,17H,5-7,11H2,1-2H3. The molecule has 0 aliphatic heterocycles. The van der Waals surface area contributed by atoms with E-state index in [0.717, 1.165) is 28.9 Å². The molecular formula is C15H21ClN2. The lowest BCUT2D eigenvalue weighted by molar-refractivity contribution is 0.504. The third-order valence-electron chi connectivity index (χ3n) is 3.40. The number of anilines is 2. The Labute approximate surface area is 115 Å². The van der Waals surface area contributed by atoms with Crippen molar-refractivity contribution in [3.8, 4) is 0 Å². The smallest absolute Gasteiger partial charge is 0.0659 e. The second-order valence-corrected chi connectivity index (χ2v) is 5.50. The van der Waals surface area contributed by atoms with Crippen molar-refractivity contribution >= 4 is 23.0 Å². The van der Waals surface area contributed by atoms with Gasteiger partial charge in [-0.1, -0.05) is 23.8 Å². The van der Waals surface area contributed by atoms with Gasteiger partial charge in [-0.25, -0.2) is 0 Å². The molecular weight excluding hydrogens is 244 g/mol. The lowest BCUT2D eigenvalue weighted by atomic mass is 9.94. The molecule has 0 aromatic heterocycles. The zero-order valence-electron chi connectivity index (χ0n) is 11.1. The summed E-state index contributed by atoms with van der Waals surface area (Å²) >= 11 is 6.25. The Balaban J connectivity index is 1.93. The molecule has 18 heavy (non-hydrogen) atoms. The number of nitrogens with one attached hydrogen (secondary N) is 1. The molecule has 2 rings (SSSR count). The molecule has 0 radical (unpaired) electrons.